The van der Waals surface area contributed by atoms with Gasteiger partial charge in [0.15, 0.2) is 0 Å². The summed E-state index contributed by atoms with van der Waals surface area (Å²) in [6, 6.07) is 7.98. The van der Waals surface area contributed by atoms with E-state index >= 15 is 0 Å². The molecule has 1 aliphatic heterocycles. The summed E-state index contributed by atoms with van der Waals surface area (Å²) < 4.78 is 5.30. The molecule has 0 bridgehead atoms. The predicted octanol–water partition coefficient (Wildman–Crippen LogP) is 2.17. The van der Waals surface area contributed by atoms with Gasteiger partial charge in [0.2, 0.25) is 0 Å². The molecular formula is C15H21NO2. The lowest BCUT2D eigenvalue weighted by atomic mass is 10.1. The van der Waals surface area contributed by atoms with Crippen molar-refractivity contribution in [2.24, 2.45) is 0 Å². The van der Waals surface area contributed by atoms with Gasteiger partial charge in [-0.15, -0.1) is 0 Å². The second kappa shape index (κ2) is 6.57. The molecule has 0 saturated carbocycles. The van der Waals surface area contributed by atoms with Crippen LogP contribution in [0.2, 0.25) is 0 Å². The number of piperidine rings is 1. The van der Waals surface area contributed by atoms with E-state index in [1.807, 2.05) is 24.3 Å². The minimum atomic E-state index is -0.154. The smallest absolute Gasteiger partial charge is 0.126 e. The first-order chi connectivity index (χ1) is 8.79. The second-order valence-corrected chi connectivity index (χ2v) is 4.70. The van der Waals surface area contributed by atoms with Gasteiger partial charge in [0.1, 0.15) is 5.75 Å². The number of likely N-dealkylation sites (tertiary alicyclic amines) is 1. The van der Waals surface area contributed by atoms with Gasteiger partial charge in [-0.05, 0) is 25.5 Å². The molecule has 0 amide bonds. The van der Waals surface area contributed by atoms with Crippen LogP contribution in [0.25, 0.3) is 6.08 Å². The van der Waals surface area contributed by atoms with Crippen molar-refractivity contribution in [2.45, 2.75) is 18.9 Å². The molecule has 0 aliphatic carbocycles. The third kappa shape index (κ3) is 3.59. The number of β-amino-alcohol motifs (C(OH)–C–C–N with tert-alkyl or cyclic N) is 1. The lowest BCUT2D eigenvalue weighted by Crippen LogP contribution is -2.38. The predicted molar refractivity (Wildman–Crippen MR) is 73.7 cm³/mol. The average Bonchev–Trinajstić information content (AvgIpc) is 2.39. The Morgan fingerprint density at radius 1 is 1.44 bits per heavy atom. The molecule has 1 N–H and O–H groups in total. The lowest BCUT2D eigenvalue weighted by molar-refractivity contribution is 0.0771. The van der Waals surface area contributed by atoms with Gasteiger partial charge in [0.05, 0.1) is 13.2 Å². The van der Waals surface area contributed by atoms with Crippen molar-refractivity contribution in [3.8, 4) is 5.75 Å². The summed E-state index contributed by atoms with van der Waals surface area (Å²) in [4.78, 5) is 2.28. The third-order valence-electron chi connectivity index (χ3n) is 3.28. The van der Waals surface area contributed by atoms with Gasteiger partial charge in [-0.1, -0.05) is 30.4 Å². The van der Waals surface area contributed by atoms with E-state index in [4.69, 9.17) is 4.74 Å². The van der Waals surface area contributed by atoms with Crippen LogP contribution in [0.3, 0.4) is 0 Å². The maximum Gasteiger partial charge on any atom is 0.126 e. The Kier molecular flexibility index (Phi) is 4.79. The number of hydrogen-bond acceptors (Lipinski definition) is 3. The second-order valence-electron chi connectivity index (χ2n) is 4.70. The zero-order chi connectivity index (χ0) is 12.8. The van der Waals surface area contributed by atoms with Crippen LogP contribution in [0.15, 0.2) is 30.3 Å². The number of benzene rings is 1. The van der Waals surface area contributed by atoms with Crippen LogP contribution >= 0.6 is 0 Å². The highest BCUT2D eigenvalue weighted by molar-refractivity contribution is 5.57. The number of rotatable bonds is 4. The van der Waals surface area contributed by atoms with Crippen molar-refractivity contribution < 1.29 is 9.84 Å². The van der Waals surface area contributed by atoms with Crippen molar-refractivity contribution in [1.82, 2.24) is 4.90 Å². The number of aliphatic hydroxyl groups is 1. The van der Waals surface area contributed by atoms with Crippen LogP contribution in [0.1, 0.15) is 18.4 Å². The zero-order valence-electron chi connectivity index (χ0n) is 10.9. The van der Waals surface area contributed by atoms with E-state index in [1.54, 1.807) is 7.11 Å². The maximum absolute atomic E-state index is 9.59. The highest BCUT2D eigenvalue weighted by Gasteiger charge is 2.15. The first kappa shape index (κ1) is 13.1. The molecule has 0 radical (unpaired) electrons. The largest absolute Gasteiger partial charge is 0.496 e. The van der Waals surface area contributed by atoms with Gasteiger partial charge in [0, 0.05) is 18.7 Å². The highest BCUT2D eigenvalue weighted by Crippen LogP contribution is 2.18. The topological polar surface area (TPSA) is 32.7 Å². The average molecular weight is 247 g/mol. The lowest BCUT2D eigenvalue weighted by Gasteiger charge is -2.28. The Hall–Kier alpha value is -1.32. The summed E-state index contributed by atoms with van der Waals surface area (Å²) in [7, 11) is 1.69. The summed E-state index contributed by atoms with van der Waals surface area (Å²) in [5, 5.41) is 9.59. The van der Waals surface area contributed by atoms with Crippen molar-refractivity contribution in [3.05, 3.63) is 35.9 Å². The molecule has 18 heavy (non-hydrogen) atoms. The molecule has 1 aliphatic rings. The molecule has 2 rings (SSSR count). The standard InChI is InChI=1S/C15H21NO2/c1-18-15-9-3-2-6-13(15)7-4-10-16-11-5-8-14(17)12-16/h2-4,6-7,9,14,17H,5,8,10-12H2,1H3. The van der Waals surface area contributed by atoms with E-state index in [2.05, 4.69) is 17.1 Å². The third-order valence-corrected chi connectivity index (χ3v) is 3.28. The van der Waals surface area contributed by atoms with Crippen LogP contribution in [0.4, 0.5) is 0 Å². The van der Waals surface area contributed by atoms with Crippen molar-refractivity contribution in [2.75, 3.05) is 26.7 Å². The number of aliphatic hydroxyl groups excluding tert-OH is 1. The number of methoxy groups -OCH3 is 1. The van der Waals surface area contributed by atoms with Crippen molar-refractivity contribution >= 4 is 6.08 Å². The van der Waals surface area contributed by atoms with Crippen molar-refractivity contribution in [3.63, 3.8) is 0 Å². The van der Waals surface area contributed by atoms with Crippen LogP contribution in [-0.2, 0) is 0 Å². The minimum absolute atomic E-state index is 0.154. The van der Waals surface area contributed by atoms with Gasteiger partial charge in [0.25, 0.3) is 0 Å². The van der Waals surface area contributed by atoms with Gasteiger partial charge < -0.3 is 9.84 Å². The van der Waals surface area contributed by atoms with E-state index in [1.165, 1.54) is 0 Å². The van der Waals surface area contributed by atoms with E-state index in [-0.39, 0.29) is 6.10 Å². The molecular weight excluding hydrogens is 226 g/mol. The quantitative estimate of drug-likeness (QED) is 0.885. The Labute approximate surface area is 109 Å². The van der Waals surface area contributed by atoms with E-state index < -0.39 is 0 Å². The number of para-hydroxylation sites is 1. The Balaban J connectivity index is 1.90. The molecule has 1 heterocycles. The number of hydrogen-bond donors (Lipinski definition) is 1. The molecule has 0 spiro atoms. The van der Waals surface area contributed by atoms with Crippen LogP contribution in [0.5, 0.6) is 5.75 Å². The fourth-order valence-electron chi connectivity index (χ4n) is 2.33. The molecule has 1 aromatic carbocycles. The summed E-state index contributed by atoms with van der Waals surface area (Å²) in [6.45, 7) is 2.75. The maximum atomic E-state index is 9.59. The number of ether oxygens (including phenoxy) is 1. The summed E-state index contributed by atoms with van der Waals surface area (Å²) in [5.74, 6) is 0.896. The molecule has 1 fully saturated rings. The molecule has 1 unspecified atom stereocenters. The molecule has 0 aromatic heterocycles. The zero-order valence-corrected chi connectivity index (χ0v) is 10.9. The number of nitrogens with zero attached hydrogens (tertiary/aromatic N) is 1. The highest BCUT2D eigenvalue weighted by atomic mass is 16.5. The van der Waals surface area contributed by atoms with Crippen LogP contribution in [0, 0.1) is 0 Å². The molecule has 3 heteroatoms. The van der Waals surface area contributed by atoms with E-state index in [0.717, 1.165) is 43.8 Å². The fourth-order valence-corrected chi connectivity index (χ4v) is 2.33. The first-order valence-electron chi connectivity index (χ1n) is 6.49. The Bertz CT molecular complexity index is 403. The summed E-state index contributed by atoms with van der Waals surface area (Å²) in [5.41, 5.74) is 1.09. The summed E-state index contributed by atoms with van der Waals surface area (Å²) in [6.07, 6.45) is 6.09. The minimum Gasteiger partial charge on any atom is -0.496 e. The monoisotopic (exact) mass is 247 g/mol. The SMILES string of the molecule is COc1ccccc1C=CCN1CCCC(O)C1. The van der Waals surface area contributed by atoms with Crippen LogP contribution in [-0.4, -0.2) is 42.9 Å². The van der Waals surface area contributed by atoms with E-state index in [9.17, 15) is 5.11 Å². The molecule has 3 nitrogen and oxygen atoms in total. The Morgan fingerprint density at radius 3 is 3.06 bits per heavy atom. The fraction of sp³-hybridized carbons (Fsp3) is 0.467. The van der Waals surface area contributed by atoms with Gasteiger partial charge >= 0.3 is 0 Å². The molecule has 98 valence electrons. The first-order valence-corrected chi connectivity index (χ1v) is 6.49. The van der Waals surface area contributed by atoms with Gasteiger partial charge in [-0.2, -0.15) is 0 Å². The molecule has 1 saturated heterocycles. The van der Waals surface area contributed by atoms with Crippen LogP contribution < -0.4 is 4.74 Å². The summed E-state index contributed by atoms with van der Waals surface area (Å²) >= 11 is 0. The van der Waals surface area contributed by atoms with Gasteiger partial charge in [-0.25, -0.2) is 0 Å². The Morgan fingerprint density at radius 2 is 2.28 bits per heavy atom. The van der Waals surface area contributed by atoms with E-state index in [0.29, 0.717) is 0 Å². The van der Waals surface area contributed by atoms with Crippen molar-refractivity contribution in [1.29, 1.82) is 0 Å². The molecule has 1 aromatic rings. The molecule has 1 atom stereocenters. The normalized spacial score (nSPS) is 21.3. The van der Waals surface area contributed by atoms with Gasteiger partial charge in [-0.3, -0.25) is 4.90 Å².